The third kappa shape index (κ3) is 5.07. The van der Waals surface area contributed by atoms with Crippen LogP contribution in [0.2, 0.25) is 5.02 Å². The first kappa shape index (κ1) is 25.7. The molecule has 0 spiro atoms. The minimum Gasteiger partial charge on any atom is -0.497 e. The predicted molar refractivity (Wildman–Crippen MR) is 146 cm³/mol. The van der Waals surface area contributed by atoms with Crippen molar-refractivity contribution < 1.29 is 24.2 Å². The summed E-state index contributed by atoms with van der Waals surface area (Å²) in [6.07, 6.45) is 0.324. The number of para-hydroxylation sites is 2. The van der Waals surface area contributed by atoms with Gasteiger partial charge in [0.1, 0.15) is 11.5 Å². The minimum atomic E-state index is -1.06. The van der Waals surface area contributed by atoms with Crippen molar-refractivity contribution >= 4 is 46.3 Å². The summed E-state index contributed by atoms with van der Waals surface area (Å²) in [6, 6.07) is 21.4. The van der Waals surface area contributed by atoms with Gasteiger partial charge in [-0.25, -0.2) is 0 Å². The average Bonchev–Trinajstić information content (AvgIpc) is 3.07. The molecular weight excluding hydrogens is 504 g/mol. The standard InChI is InChI=1S/C30H27ClN2O5/c1-38-22-6-4-5-19(15-22)30-29-24(16-20(17-26(29)34)18-9-11-21(31)12-10-18)32-23-7-2-3-8-25(23)33(30)27(35)13-14-28(36)37/h2-12,15,20,29-30H,13-14,16-17H2,1H3,(H,36,37). The van der Waals surface area contributed by atoms with Crippen LogP contribution in [0.4, 0.5) is 11.4 Å². The van der Waals surface area contributed by atoms with Crippen molar-refractivity contribution in [3.8, 4) is 5.75 Å². The zero-order valence-electron chi connectivity index (χ0n) is 20.8. The number of halogens is 1. The van der Waals surface area contributed by atoms with Gasteiger partial charge in [0.25, 0.3) is 0 Å². The number of nitrogens with zero attached hydrogens (tertiary/aromatic N) is 2. The molecule has 0 bridgehead atoms. The molecule has 2 aliphatic rings. The van der Waals surface area contributed by atoms with Crippen LogP contribution in [0.3, 0.4) is 0 Å². The first-order valence-electron chi connectivity index (χ1n) is 12.5. The molecule has 3 atom stereocenters. The van der Waals surface area contributed by atoms with Crippen LogP contribution in [0, 0.1) is 5.92 Å². The van der Waals surface area contributed by atoms with E-state index in [1.54, 1.807) is 24.1 Å². The van der Waals surface area contributed by atoms with Gasteiger partial charge in [0.2, 0.25) is 5.91 Å². The zero-order valence-corrected chi connectivity index (χ0v) is 21.6. The van der Waals surface area contributed by atoms with Crippen molar-refractivity contribution in [1.82, 2.24) is 0 Å². The van der Waals surface area contributed by atoms with E-state index in [9.17, 15) is 19.5 Å². The highest BCUT2D eigenvalue weighted by molar-refractivity contribution is 6.30. The highest BCUT2D eigenvalue weighted by Crippen LogP contribution is 2.48. The molecule has 38 heavy (non-hydrogen) atoms. The van der Waals surface area contributed by atoms with Gasteiger partial charge in [-0.05, 0) is 59.9 Å². The van der Waals surface area contributed by atoms with E-state index in [1.807, 2.05) is 60.7 Å². The fraction of sp³-hybridized carbons (Fsp3) is 0.267. The summed E-state index contributed by atoms with van der Waals surface area (Å²) in [7, 11) is 1.56. The Morgan fingerprint density at radius 1 is 1.00 bits per heavy atom. The fourth-order valence-corrected chi connectivity index (χ4v) is 5.58. The number of benzene rings is 3. The number of carboxylic acids is 1. The molecule has 7 nitrogen and oxygen atoms in total. The summed E-state index contributed by atoms with van der Waals surface area (Å²) < 4.78 is 5.46. The second kappa shape index (κ2) is 10.8. The highest BCUT2D eigenvalue weighted by atomic mass is 35.5. The number of aliphatic carboxylic acids is 1. The predicted octanol–water partition coefficient (Wildman–Crippen LogP) is 6.14. The number of carbonyl (C=O) groups is 3. The van der Waals surface area contributed by atoms with Gasteiger partial charge in [0.15, 0.2) is 0 Å². The molecule has 3 aromatic rings. The van der Waals surface area contributed by atoms with Crippen LogP contribution >= 0.6 is 11.6 Å². The minimum absolute atomic E-state index is 0.0217. The Kier molecular flexibility index (Phi) is 7.29. The molecule has 1 fully saturated rings. The number of hydrogen-bond donors (Lipinski definition) is 1. The molecule has 3 unspecified atom stereocenters. The number of carboxylic acid groups (broad SMARTS) is 1. The van der Waals surface area contributed by atoms with Crippen LogP contribution in [0.25, 0.3) is 0 Å². The van der Waals surface area contributed by atoms with Crippen LogP contribution in [0.1, 0.15) is 48.8 Å². The molecule has 8 heteroatoms. The molecule has 0 radical (unpaired) electrons. The first-order chi connectivity index (χ1) is 18.4. The lowest BCUT2D eigenvalue weighted by molar-refractivity contribution is -0.138. The van der Waals surface area contributed by atoms with Crippen LogP contribution in [-0.2, 0) is 14.4 Å². The number of rotatable bonds is 6. The van der Waals surface area contributed by atoms with Crippen molar-refractivity contribution in [2.75, 3.05) is 12.0 Å². The summed E-state index contributed by atoms with van der Waals surface area (Å²) in [5, 5.41) is 9.90. The summed E-state index contributed by atoms with van der Waals surface area (Å²) in [6.45, 7) is 0. The Labute approximate surface area is 225 Å². The lowest BCUT2D eigenvalue weighted by atomic mass is 9.72. The van der Waals surface area contributed by atoms with Crippen molar-refractivity contribution in [2.45, 2.75) is 37.6 Å². The molecule has 0 aromatic heterocycles. The monoisotopic (exact) mass is 530 g/mol. The third-order valence-corrected chi connectivity index (χ3v) is 7.46. The number of Topliss-reactive ketones (excluding diaryl/α,β-unsaturated/α-hetero) is 1. The van der Waals surface area contributed by atoms with Gasteiger partial charge < -0.3 is 14.7 Å². The van der Waals surface area contributed by atoms with Crippen LogP contribution < -0.4 is 9.64 Å². The van der Waals surface area contributed by atoms with Gasteiger partial charge >= 0.3 is 5.97 Å². The molecule has 3 aromatic carbocycles. The van der Waals surface area contributed by atoms with Gasteiger partial charge in [0, 0.05) is 23.6 Å². The Bertz CT molecular complexity index is 1420. The number of amides is 1. The topological polar surface area (TPSA) is 96.3 Å². The molecular formula is C30H27ClN2O5. The van der Waals surface area contributed by atoms with E-state index in [2.05, 4.69) is 0 Å². The second-order valence-corrected chi connectivity index (χ2v) is 10.0. The summed E-state index contributed by atoms with van der Waals surface area (Å²) in [5.41, 5.74) is 3.56. The molecule has 1 aliphatic heterocycles. The molecule has 1 saturated carbocycles. The molecule has 1 N–H and O–H groups in total. The first-order valence-corrected chi connectivity index (χ1v) is 12.9. The maximum absolute atomic E-state index is 14.0. The van der Waals surface area contributed by atoms with Gasteiger partial charge in [-0.3, -0.25) is 19.4 Å². The van der Waals surface area contributed by atoms with Crippen LogP contribution in [0.5, 0.6) is 5.75 Å². The average molecular weight is 531 g/mol. The van der Waals surface area contributed by atoms with Crippen LogP contribution in [0.15, 0.2) is 77.8 Å². The molecule has 0 saturated heterocycles. The fourth-order valence-electron chi connectivity index (χ4n) is 5.46. The van der Waals surface area contributed by atoms with E-state index in [0.717, 1.165) is 11.1 Å². The van der Waals surface area contributed by atoms with Crippen molar-refractivity contribution in [1.29, 1.82) is 0 Å². The lowest BCUT2D eigenvalue weighted by Crippen LogP contribution is -2.45. The maximum Gasteiger partial charge on any atom is 0.303 e. The van der Waals surface area contributed by atoms with Crippen molar-refractivity contribution in [3.05, 3.63) is 88.9 Å². The van der Waals surface area contributed by atoms with E-state index in [1.165, 1.54) is 0 Å². The Morgan fingerprint density at radius 3 is 2.50 bits per heavy atom. The SMILES string of the molecule is COc1cccc(C2C3C(=O)CC(c4ccc(Cl)cc4)CC3=Nc3ccccc3N2C(=O)CCC(=O)O)c1. The molecule has 1 aliphatic carbocycles. The van der Waals surface area contributed by atoms with Gasteiger partial charge in [-0.1, -0.05) is 48.0 Å². The van der Waals surface area contributed by atoms with E-state index < -0.39 is 17.9 Å². The number of ketones is 1. The molecule has 1 amide bonds. The second-order valence-electron chi connectivity index (χ2n) is 9.57. The maximum atomic E-state index is 14.0. The zero-order chi connectivity index (χ0) is 26.8. The van der Waals surface area contributed by atoms with Gasteiger partial charge in [0.05, 0.1) is 36.9 Å². The Hall–Kier alpha value is -3.97. The largest absolute Gasteiger partial charge is 0.497 e. The Morgan fingerprint density at radius 2 is 1.76 bits per heavy atom. The molecule has 194 valence electrons. The number of anilines is 1. The molecule has 5 rings (SSSR count). The number of methoxy groups -OCH3 is 1. The Balaban J connectivity index is 1.66. The van der Waals surface area contributed by atoms with Crippen molar-refractivity contribution in [2.24, 2.45) is 10.9 Å². The van der Waals surface area contributed by atoms with Gasteiger partial charge in [-0.2, -0.15) is 0 Å². The smallest absolute Gasteiger partial charge is 0.303 e. The number of fused-ring (bicyclic) bond motifs is 2. The highest BCUT2D eigenvalue weighted by Gasteiger charge is 2.46. The summed E-state index contributed by atoms with van der Waals surface area (Å²) in [4.78, 5) is 45.6. The van der Waals surface area contributed by atoms with E-state index in [4.69, 9.17) is 21.3 Å². The summed E-state index contributed by atoms with van der Waals surface area (Å²) in [5.74, 6) is -1.62. The number of carbonyl (C=O) groups excluding carboxylic acids is 2. The van der Waals surface area contributed by atoms with E-state index >= 15 is 0 Å². The van der Waals surface area contributed by atoms with E-state index in [-0.39, 0.29) is 30.4 Å². The number of hydrogen-bond acceptors (Lipinski definition) is 5. The van der Waals surface area contributed by atoms with E-state index in [0.29, 0.717) is 40.7 Å². The molecule has 1 heterocycles. The normalized spacial score (nSPS) is 20.6. The van der Waals surface area contributed by atoms with Crippen molar-refractivity contribution in [3.63, 3.8) is 0 Å². The third-order valence-electron chi connectivity index (χ3n) is 7.21. The quantitative estimate of drug-likeness (QED) is 0.413. The number of aliphatic imine (C=N–C) groups is 1. The summed E-state index contributed by atoms with van der Waals surface area (Å²) >= 11 is 6.10. The number of ether oxygens (including phenoxy) is 1. The van der Waals surface area contributed by atoms with Crippen LogP contribution in [-0.4, -0.2) is 35.6 Å². The lowest BCUT2D eigenvalue weighted by Gasteiger charge is -2.39. The van der Waals surface area contributed by atoms with Gasteiger partial charge in [-0.15, -0.1) is 0 Å².